The summed E-state index contributed by atoms with van der Waals surface area (Å²) >= 11 is 0. The number of benzene rings is 2. The van der Waals surface area contributed by atoms with Crippen molar-refractivity contribution in [1.82, 2.24) is 0 Å². The third-order valence-corrected chi connectivity index (χ3v) is 22.2. The van der Waals surface area contributed by atoms with E-state index in [1.165, 1.54) is 67.2 Å². The van der Waals surface area contributed by atoms with E-state index >= 15 is 0 Å². The van der Waals surface area contributed by atoms with Crippen LogP contribution in [0, 0.1) is 33.6 Å². The van der Waals surface area contributed by atoms with Crippen molar-refractivity contribution in [1.29, 1.82) is 0 Å². The molecule has 0 spiro atoms. The average molecular weight is 553 g/mol. The van der Waals surface area contributed by atoms with Crippen molar-refractivity contribution in [3.8, 4) is 0 Å². The molecule has 2 heteroatoms. The molecule has 2 fully saturated rings. The van der Waals surface area contributed by atoms with Crippen LogP contribution in [0.2, 0.25) is 0 Å². The van der Waals surface area contributed by atoms with Gasteiger partial charge in [0.2, 0.25) is 0 Å². The molecular weight excluding hydrogens is 494 g/mol. The zero-order valence-electron chi connectivity index (χ0n) is 26.7. The zero-order valence-corrected chi connectivity index (χ0v) is 28.6. The Balaban J connectivity index is 1.88. The van der Waals surface area contributed by atoms with Crippen LogP contribution < -0.4 is 10.6 Å². The number of rotatable bonds is 6. The minimum absolute atomic E-state index is 0.423. The van der Waals surface area contributed by atoms with Gasteiger partial charge >= 0.3 is 239 Å². The standard InChI is InChI=1S/C36H58P2/c1-25-19-26(2)22-30(21-25)37(31-23-27(3)20-28(4)24-31)29(5)33-17-14-18-34(33)38(35(6,7)8,36(9,10)11)32-15-12-13-16-32/h19-24,29,32-34,38H,12-18H2,1-11H3/t29?,33-,34-/m0/s1. The Morgan fingerprint density at radius 1 is 0.632 bits per heavy atom. The van der Waals surface area contributed by atoms with Gasteiger partial charge in [-0.05, 0) is 0 Å². The summed E-state index contributed by atoms with van der Waals surface area (Å²) < 4.78 is 0. The molecule has 0 radical (unpaired) electrons. The molecule has 4 rings (SSSR count). The minimum atomic E-state index is -1.74. The molecule has 2 saturated carbocycles. The van der Waals surface area contributed by atoms with E-state index in [9.17, 15) is 0 Å². The van der Waals surface area contributed by atoms with Gasteiger partial charge in [-0.1, -0.05) is 0 Å². The molecule has 0 nitrogen and oxygen atoms in total. The van der Waals surface area contributed by atoms with Gasteiger partial charge in [0.1, 0.15) is 0 Å². The van der Waals surface area contributed by atoms with Crippen LogP contribution in [0.1, 0.15) is 116 Å². The fourth-order valence-corrected chi connectivity index (χ4v) is 24.4. The summed E-state index contributed by atoms with van der Waals surface area (Å²) in [6.45, 7) is 27.9. The Kier molecular flexibility index (Phi) is 8.99. The monoisotopic (exact) mass is 552 g/mol. The zero-order chi connectivity index (χ0) is 28.0. The van der Waals surface area contributed by atoms with E-state index in [1.54, 1.807) is 10.6 Å². The first kappa shape index (κ1) is 30.3. The Morgan fingerprint density at radius 2 is 1.05 bits per heavy atom. The van der Waals surface area contributed by atoms with Crippen molar-refractivity contribution >= 4 is 25.8 Å². The summed E-state index contributed by atoms with van der Waals surface area (Å²) in [6, 6.07) is 14.9. The van der Waals surface area contributed by atoms with Gasteiger partial charge in [0, 0.05) is 0 Å². The summed E-state index contributed by atoms with van der Waals surface area (Å²) in [5.41, 5.74) is 8.32. The molecule has 38 heavy (non-hydrogen) atoms. The van der Waals surface area contributed by atoms with E-state index in [0.29, 0.717) is 16.0 Å². The van der Waals surface area contributed by atoms with Crippen LogP contribution in [0.4, 0.5) is 0 Å². The molecule has 0 aromatic heterocycles. The molecule has 2 aromatic rings. The second-order valence-corrected chi connectivity index (χ2v) is 24.2. The summed E-state index contributed by atoms with van der Waals surface area (Å²) in [5, 5.41) is 4.08. The van der Waals surface area contributed by atoms with Crippen LogP contribution >= 0.6 is 15.2 Å². The van der Waals surface area contributed by atoms with Gasteiger partial charge in [0.15, 0.2) is 0 Å². The summed E-state index contributed by atoms with van der Waals surface area (Å²) in [4.78, 5) is 0. The van der Waals surface area contributed by atoms with E-state index in [1.807, 2.05) is 0 Å². The van der Waals surface area contributed by atoms with Crippen LogP contribution in [0.15, 0.2) is 36.4 Å². The quantitative estimate of drug-likeness (QED) is 0.313. The van der Waals surface area contributed by atoms with Crippen LogP contribution in [0.3, 0.4) is 0 Å². The van der Waals surface area contributed by atoms with Crippen molar-refractivity contribution in [2.75, 3.05) is 0 Å². The van der Waals surface area contributed by atoms with Gasteiger partial charge in [-0.15, -0.1) is 0 Å². The summed E-state index contributed by atoms with van der Waals surface area (Å²) in [6.07, 6.45) is 10.3. The normalized spacial score (nSPS) is 22.8. The molecule has 0 N–H and O–H groups in total. The molecule has 3 atom stereocenters. The maximum absolute atomic E-state index is 2.68. The molecule has 2 aromatic carbocycles. The van der Waals surface area contributed by atoms with Crippen molar-refractivity contribution in [2.45, 2.75) is 148 Å². The van der Waals surface area contributed by atoms with Gasteiger partial charge in [0.25, 0.3) is 0 Å². The number of hydrogen-bond donors (Lipinski definition) is 0. The van der Waals surface area contributed by atoms with Gasteiger partial charge in [-0.2, -0.15) is 0 Å². The predicted octanol–water partition coefficient (Wildman–Crippen LogP) is 10.2. The number of aryl methyl sites for hydroxylation is 4. The predicted molar refractivity (Wildman–Crippen MR) is 179 cm³/mol. The van der Waals surface area contributed by atoms with Gasteiger partial charge in [-0.3, -0.25) is 0 Å². The second kappa shape index (κ2) is 11.3. The molecule has 0 amide bonds. The van der Waals surface area contributed by atoms with E-state index < -0.39 is 15.2 Å². The Labute approximate surface area is 238 Å². The Hall–Kier alpha value is -0.700. The van der Waals surface area contributed by atoms with Crippen LogP contribution in [0.5, 0.6) is 0 Å². The molecule has 2 aliphatic rings. The van der Waals surface area contributed by atoms with Crippen LogP contribution in [-0.4, -0.2) is 27.3 Å². The molecule has 1 unspecified atom stereocenters. The average Bonchev–Trinajstić information content (AvgIpc) is 3.44. The molecule has 0 saturated heterocycles. The number of hydrogen-bond acceptors (Lipinski definition) is 0. The summed E-state index contributed by atoms with van der Waals surface area (Å²) in [5.74, 6) is 0.841. The van der Waals surface area contributed by atoms with Gasteiger partial charge in [0.05, 0.1) is 0 Å². The van der Waals surface area contributed by atoms with E-state index in [4.69, 9.17) is 0 Å². The molecule has 0 bridgehead atoms. The van der Waals surface area contributed by atoms with E-state index in [2.05, 4.69) is 113 Å². The van der Waals surface area contributed by atoms with Gasteiger partial charge < -0.3 is 0 Å². The fraction of sp³-hybridized carbons (Fsp3) is 0.667. The Morgan fingerprint density at radius 3 is 1.45 bits per heavy atom. The second-order valence-electron chi connectivity index (χ2n) is 15.4. The van der Waals surface area contributed by atoms with E-state index in [-0.39, 0.29) is 0 Å². The van der Waals surface area contributed by atoms with Crippen molar-refractivity contribution in [3.63, 3.8) is 0 Å². The van der Waals surface area contributed by atoms with Crippen molar-refractivity contribution < 1.29 is 0 Å². The SMILES string of the molecule is Cc1cc(C)cc(P(c2cc(C)cc(C)c2)C(C)[C@@H]2CCC[C@@H]2[PH](C2CCCC2)(C(C)(C)C)C(C)(C)C)c1. The first-order valence-electron chi connectivity index (χ1n) is 15.6. The Bertz CT molecular complexity index is 1000. The first-order chi connectivity index (χ1) is 17.7. The molecule has 0 aliphatic heterocycles. The maximum atomic E-state index is 2.68. The fourth-order valence-electron chi connectivity index (χ4n) is 10.3. The van der Waals surface area contributed by atoms with E-state index in [0.717, 1.165) is 17.2 Å². The molecular formula is C36H58P2. The molecule has 0 heterocycles. The summed E-state index contributed by atoms with van der Waals surface area (Å²) in [7, 11) is -2.16. The third-order valence-electron chi connectivity index (χ3n) is 10.6. The first-order valence-corrected chi connectivity index (χ1v) is 19.2. The molecule has 2 aliphatic carbocycles. The third kappa shape index (κ3) is 5.58. The topological polar surface area (TPSA) is 0 Å². The van der Waals surface area contributed by atoms with Crippen molar-refractivity contribution in [3.05, 3.63) is 58.7 Å². The molecule has 212 valence electrons. The van der Waals surface area contributed by atoms with Crippen molar-refractivity contribution in [2.24, 2.45) is 5.92 Å². The van der Waals surface area contributed by atoms with Gasteiger partial charge in [-0.25, -0.2) is 0 Å². The van der Waals surface area contributed by atoms with Crippen LogP contribution in [0.25, 0.3) is 0 Å². The van der Waals surface area contributed by atoms with Crippen LogP contribution in [-0.2, 0) is 0 Å².